The number of hydrogen-bond donors (Lipinski definition) is 1. The van der Waals surface area contributed by atoms with Gasteiger partial charge in [0.2, 0.25) is 0 Å². The summed E-state index contributed by atoms with van der Waals surface area (Å²) in [5, 5.41) is 4.42. The van der Waals surface area contributed by atoms with E-state index in [-0.39, 0.29) is 0 Å². The lowest BCUT2D eigenvalue weighted by molar-refractivity contribution is 0.465. The highest BCUT2D eigenvalue weighted by Gasteiger charge is 2.15. The molecular weight excluding hydrogens is 212 g/mol. The van der Waals surface area contributed by atoms with Crippen LogP contribution in [-0.4, -0.2) is 19.7 Å². The molecule has 0 amide bonds. The molecule has 0 fully saturated rings. The van der Waals surface area contributed by atoms with E-state index >= 15 is 0 Å². The zero-order chi connectivity index (χ0) is 12.4. The van der Waals surface area contributed by atoms with Crippen LogP contribution in [0.25, 0.3) is 11.2 Å². The molecule has 0 bridgehead atoms. The van der Waals surface area contributed by atoms with Gasteiger partial charge >= 0.3 is 0 Å². The van der Waals surface area contributed by atoms with Gasteiger partial charge in [0.15, 0.2) is 5.65 Å². The molecule has 0 radical (unpaired) electrons. The number of nitrogens with zero attached hydrogens (tertiary/aromatic N) is 3. The first-order valence-electron chi connectivity index (χ1n) is 6.60. The van der Waals surface area contributed by atoms with Crippen molar-refractivity contribution in [2.24, 2.45) is 0 Å². The molecule has 0 aliphatic rings. The Balaban J connectivity index is 2.35. The number of rotatable bonds is 5. The first-order chi connectivity index (χ1) is 8.17. The first-order valence-corrected chi connectivity index (χ1v) is 6.60. The van der Waals surface area contributed by atoms with Gasteiger partial charge in [-0.3, -0.25) is 0 Å². The largest absolute Gasteiger partial charge is 0.339 e. The van der Waals surface area contributed by atoms with Gasteiger partial charge in [-0.05, 0) is 19.8 Å². The lowest BCUT2D eigenvalue weighted by Crippen LogP contribution is -2.07. The molecule has 2 aromatic heterocycles. The quantitative estimate of drug-likeness (QED) is 0.858. The van der Waals surface area contributed by atoms with E-state index in [1.165, 1.54) is 6.42 Å². The van der Waals surface area contributed by atoms with E-state index in [0.29, 0.717) is 12.0 Å². The SMILES string of the molecule is CCC[C@H](C)n1ncc2[nH]c([C@@H](C)CC)nc21. The number of aromatic amines is 1. The lowest BCUT2D eigenvalue weighted by Gasteiger charge is -2.10. The highest BCUT2D eigenvalue weighted by molar-refractivity contribution is 5.70. The summed E-state index contributed by atoms with van der Waals surface area (Å²) in [5.41, 5.74) is 2.06. The predicted octanol–water partition coefficient (Wildman–Crippen LogP) is 3.63. The first kappa shape index (κ1) is 12.1. The van der Waals surface area contributed by atoms with E-state index in [0.717, 1.165) is 29.8 Å². The maximum atomic E-state index is 4.69. The molecule has 0 spiro atoms. The molecule has 17 heavy (non-hydrogen) atoms. The topological polar surface area (TPSA) is 46.5 Å². The molecule has 0 saturated carbocycles. The van der Waals surface area contributed by atoms with Gasteiger partial charge in [0.1, 0.15) is 11.3 Å². The van der Waals surface area contributed by atoms with Crippen molar-refractivity contribution in [3.63, 3.8) is 0 Å². The van der Waals surface area contributed by atoms with Crippen LogP contribution in [0, 0.1) is 0 Å². The molecule has 2 heterocycles. The van der Waals surface area contributed by atoms with Gasteiger partial charge in [0.25, 0.3) is 0 Å². The fraction of sp³-hybridized carbons (Fsp3) is 0.692. The molecule has 0 aromatic carbocycles. The fourth-order valence-electron chi connectivity index (χ4n) is 2.12. The second-order valence-electron chi connectivity index (χ2n) is 4.90. The van der Waals surface area contributed by atoms with Crippen LogP contribution in [0.1, 0.15) is 64.7 Å². The average molecular weight is 234 g/mol. The Kier molecular flexibility index (Phi) is 3.50. The van der Waals surface area contributed by atoms with E-state index in [4.69, 9.17) is 4.98 Å². The Morgan fingerprint density at radius 3 is 2.76 bits per heavy atom. The molecule has 2 rings (SSSR count). The van der Waals surface area contributed by atoms with Gasteiger partial charge in [-0.2, -0.15) is 5.10 Å². The molecule has 1 N–H and O–H groups in total. The van der Waals surface area contributed by atoms with Crippen LogP contribution in [0.3, 0.4) is 0 Å². The normalized spacial score (nSPS) is 15.3. The van der Waals surface area contributed by atoms with Crippen molar-refractivity contribution in [1.29, 1.82) is 0 Å². The molecule has 4 heteroatoms. The maximum absolute atomic E-state index is 4.69. The molecule has 4 nitrogen and oxygen atoms in total. The second kappa shape index (κ2) is 4.90. The summed E-state index contributed by atoms with van der Waals surface area (Å²) in [6, 6.07) is 0.422. The zero-order valence-electron chi connectivity index (χ0n) is 11.2. The Morgan fingerprint density at radius 1 is 1.35 bits per heavy atom. The number of H-pyrrole nitrogens is 1. The minimum Gasteiger partial charge on any atom is -0.339 e. The van der Waals surface area contributed by atoms with Crippen molar-refractivity contribution in [1.82, 2.24) is 19.7 Å². The number of nitrogens with one attached hydrogen (secondary N) is 1. The lowest BCUT2D eigenvalue weighted by atomic mass is 10.1. The highest BCUT2D eigenvalue weighted by Crippen LogP contribution is 2.22. The van der Waals surface area contributed by atoms with E-state index in [2.05, 4.69) is 37.8 Å². The van der Waals surface area contributed by atoms with Crippen molar-refractivity contribution >= 4 is 11.2 Å². The summed E-state index contributed by atoms with van der Waals surface area (Å²) in [5.74, 6) is 1.56. The molecule has 0 aliphatic heterocycles. The van der Waals surface area contributed by atoms with Crippen molar-refractivity contribution in [2.45, 2.75) is 58.9 Å². The highest BCUT2D eigenvalue weighted by atomic mass is 15.3. The maximum Gasteiger partial charge on any atom is 0.176 e. The third kappa shape index (κ3) is 2.21. The number of hydrogen-bond acceptors (Lipinski definition) is 2. The fourth-order valence-corrected chi connectivity index (χ4v) is 2.12. The minimum absolute atomic E-state index is 0.422. The number of imidazole rings is 1. The van der Waals surface area contributed by atoms with Gasteiger partial charge in [-0.1, -0.05) is 27.2 Å². The van der Waals surface area contributed by atoms with Crippen LogP contribution in [0.4, 0.5) is 0 Å². The summed E-state index contributed by atoms with van der Waals surface area (Å²) in [4.78, 5) is 8.06. The summed E-state index contributed by atoms with van der Waals surface area (Å²) < 4.78 is 2.04. The van der Waals surface area contributed by atoms with Crippen molar-refractivity contribution in [2.75, 3.05) is 0 Å². The molecule has 0 unspecified atom stereocenters. The van der Waals surface area contributed by atoms with Gasteiger partial charge in [-0.15, -0.1) is 0 Å². The molecule has 94 valence electrons. The summed E-state index contributed by atoms with van der Waals surface area (Å²) >= 11 is 0. The Bertz CT molecular complexity index is 483. The number of fused-ring (bicyclic) bond motifs is 1. The van der Waals surface area contributed by atoms with Crippen LogP contribution < -0.4 is 0 Å². The molecule has 0 saturated heterocycles. The third-order valence-electron chi connectivity index (χ3n) is 3.46. The van der Waals surface area contributed by atoms with E-state index in [1.807, 2.05) is 10.9 Å². The number of aromatic nitrogens is 4. The van der Waals surface area contributed by atoms with Crippen LogP contribution in [0.2, 0.25) is 0 Å². The van der Waals surface area contributed by atoms with Gasteiger partial charge in [0.05, 0.1) is 12.2 Å². The standard InChI is InChI=1S/C13H22N4/c1-5-7-10(4)17-13-11(8-14-17)15-12(16-13)9(3)6-2/h8-10H,5-7H2,1-4H3,(H,15,16)/t9-,10-/m0/s1. The Morgan fingerprint density at radius 2 is 2.12 bits per heavy atom. The smallest absolute Gasteiger partial charge is 0.176 e. The van der Waals surface area contributed by atoms with Crippen LogP contribution in [0.15, 0.2) is 6.20 Å². The molecule has 2 aromatic rings. The molecular formula is C13H22N4. The van der Waals surface area contributed by atoms with Gasteiger partial charge in [0, 0.05) is 5.92 Å². The Labute approximate surface area is 102 Å². The van der Waals surface area contributed by atoms with Gasteiger partial charge in [-0.25, -0.2) is 9.67 Å². The van der Waals surface area contributed by atoms with Crippen LogP contribution in [-0.2, 0) is 0 Å². The molecule has 2 atom stereocenters. The van der Waals surface area contributed by atoms with Crippen molar-refractivity contribution in [3.05, 3.63) is 12.0 Å². The third-order valence-corrected chi connectivity index (χ3v) is 3.46. The zero-order valence-corrected chi connectivity index (χ0v) is 11.2. The minimum atomic E-state index is 0.422. The van der Waals surface area contributed by atoms with E-state index in [1.54, 1.807) is 0 Å². The van der Waals surface area contributed by atoms with E-state index in [9.17, 15) is 0 Å². The summed E-state index contributed by atoms with van der Waals surface area (Å²) in [6.45, 7) is 8.79. The van der Waals surface area contributed by atoms with Crippen LogP contribution in [0.5, 0.6) is 0 Å². The van der Waals surface area contributed by atoms with Crippen molar-refractivity contribution < 1.29 is 0 Å². The monoisotopic (exact) mass is 234 g/mol. The summed E-state index contributed by atoms with van der Waals surface area (Å²) in [6.07, 6.45) is 5.31. The van der Waals surface area contributed by atoms with E-state index < -0.39 is 0 Å². The second-order valence-corrected chi connectivity index (χ2v) is 4.90. The van der Waals surface area contributed by atoms with Crippen LogP contribution >= 0.6 is 0 Å². The molecule has 0 aliphatic carbocycles. The van der Waals surface area contributed by atoms with Gasteiger partial charge < -0.3 is 4.98 Å². The van der Waals surface area contributed by atoms with Crippen molar-refractivity contribution in [3.8, 4) is 0 Å². The Hall–Kier alpha value is -1.32. The predicted molar refractivity (Wildman–Crippen MR) is 70.2 cm³/mol. The summed E-state index contributed by atoms with van der Waals surface area (Å²) in [7, 11) is 0. The average Bonchev–Trinajstić information content (AvgIpc) is 2.87.